The molecule has 2 saturated heterocycles. The molecule has 608 valence electrons. The molecular formula is C82H109ClN16O14. The topological polar surface area (TPSA) is 463 Å². The number of carbonyl (C=O) groups is 10. The van der Waals surface area contributed by atoms with Crippen molar-refractivity contribution >= 4 is 87.4 Å². The number of aliphatic hydroxyl groups excluding tert-OH is 3. The van der Waals surface area contributed by atoms with Crippen LogP contribution in [0.2, 0.25) is 5.02 Å². The third-order valence-electron chi connectivity index (χ3n) is 19.8. The van der Waals surface area contributed by atoms with Gasteiger partial charge in [0.05, 0.1) is 39.1 Å². The Hall–Kier alpha value is -10.4. The molecule has 2 fully saturated rings. The van der Waals surface area contributed by atoms with Gasteiger partial charge in [-0.1, -0.05) is 159 Å². The Bertz CT molecular complexity index is 4160. The van der Waals surface area contributed by atoms with Gasteiger partial charge in [0, 0.05) is 83.1 Å². The lowest BCUT2D eigenvalue weighted by molar-refractivity contribution is -0.142. The number of nitrogens with zero attached hydrogens (tertiary/aromatic N) is 4. The number of amides is 10. The van der Waals surface area contributed by atoms with Crippen molar-refractivity contribution in [3.05, 3.63) is 190 Å². The highest BCUT2D eigenvalue weighted by atomic mass is 35.5. The van der Waals surface area contributed by atoms with E-state index in [-0.39, 0.29) is 109 Å². The minimum atomic E-state index is -1.79. The van der Waals surface area contributed by atoms with Gasteiger partial charge in [0.15, 0.2) is 5.96 Å². The zero-order valence-corrected chi connectivity index (χ0v) is 65.0. The van der Waals surface area contributed by atoms with E-state index in [2.05, 4.69) is 52.4 Å². The monoisotopic (exact) mass is 1580 g/mol. The maximum absolute atomic E-state index is 15.5. The molecule has 6 aromatic rings. The number of nitrogens with one attached hydrogen (secondary N) is 8. The number of halogens is 1. The van der Waals surface area contributed by atoms with Crippen LogP contribution in [0.4, 0.5) is 0 Å². The van der Waals surface area contributed by atoms with Crippen LogP contribution in [0.3, 0.4) is 0 Å². The molecule has 0 bridgehead atoms. The first-order chi connectivity index (χ1) is 54.3. The van der Waals surface area contributed by atoms with E-state index >= 15 is 14.4 Å². The normalized spacial score (nSPS) is 16.1. The lowest BCUT2D eigenvalue weighted by Crippen LogP contribution is -2.61. The van der Waals surface area contributed by atoms with Crippen LogP contribution in [0.25, 0.3) is 10.8 Å². The van der Waals surface area contributed by atoms with Crippen LogP contribution in [0.5, 0.6) is 0 Å². The summed E-state index contributed by atoms with van der Waals surface area (Å²) >= 11 is 6.27. The number of aliphatic hydroxyl groups is 3. The number of hydrogen-bond acceptors (Lipinski definition) is 18. The first-order valence-corrected chi connectivity index (χ1v) is 38.8. The van der Waals surface area contributed by atoms with Crippen molar-refractivity contribution in [1.82, 2.24) is 57.2 Å². The van der Waals surface area contributed by atoms with Gasteiger partial charge in [0.25, 0.3) is 0 Å². The molecule has 0 unspecified atom stereocenters. The molecule has 6 aromatic carbocycles. The summed E-state index contributed by atoms with van der Waals surface area (Å²) in [6, 6.07) is 29.5. The highest BCUT2D eigenvalue weighted by Gasteiger charge is 2.40. The van der Waals surface area contributed by atoms with E-state index in [0.717, 1.165) is 27.5 Å². The molecule has 2 aliphatic heterocycles. The van der Waals surface area contributed by atoms with E-state index in [0.29, 0.717) is 73.1 Å². The van der Waals surface area contributed by atoms with Crippen molar-refractivity contribution in [2.75, 3.05) is 72.3 Å². The molecule has 2 heterocycles. The van der Waals surface area contributed by atoms with Gasteiger partial charge in [-0.15, -0.1) is 0 Å². The zero-order chi connectivity index (χ0) is 81.5. The molecule has 31 heteroatoms. The first kappa shape index (κ1) is 88.1. The molecule has 8 rings (SSSR count). The van der Waals surface area contributed by atoms with Gasteiger partial charge in [-0.05, 0) is 113 Å². The second-order valence-corrected chi connectivity index (χ2v) is 29.6. The Morgan fingerprint density at radius 2 is 1.00 bits per heavy atom. The summed E-state index contributed by atoms with van der Waals surface area (Å²) in [4.78, 5) is 155. The number of guanidine groups is 1. The van der Waals surface area contributed by atoms with Crippen molar-refractivity contribution in [2.24, 2.45) is 33.8 Å². The number of hydrogen-bond donors (Lipinski definition) is 15. The summed E-state index contributed by atoms with van der Waals surface area (Å²) in [7, 11) is 0. The molecule has 0 spiro atoms. The third-order valence-corrected chi connectivity index (χ3v) is 20.1. The predicted molar refractivity (Wildman–Crippen MR) is 428 cm³/mol. The number of aliphatic imine (C=N–C) groups is 1. The van der Waals surface area contributed by atoms with Gasteiger partial charge in [0.1, 0.15) is 54.4 Å². The van der Waals surface area contributed by atoms with Gasteiger partial charge in [0.2, 0.25) is 59.1 Å². The zero-order valence-electron chi connectivity index (χ0n) is 64.3. The van der Waals surface area contributed by atoms with Crippen LogP contribution < -0.4 is 65.5 Å². The maximum atomic E-state index is 15.5. The Morgan fingerprint density at radius 1 is 0.531 bits per heavy atom. The van der Waals surface area contributed by atoms with Gasteiger partial charge in [-0.3, -0.25) is 62.7 Å². The van der Waals surface area contributed by atoms with Crippen LogP contribution >= 0.6 is 11.6 Å². The fourth-order valence-electron chi connectivity index (χ4n) is 13.7. The molecule has 30 nitrogen and oxygen atoms in total. The molecule has 10 atom stereocenters. The van der Waals surface area contributed by atoms with Gasteiger partial charge in [-0.2, -0.15) is 0 Å². The molecule has 113 heavy (non-hydrogen) atoms. The Morgan fingerprint density at radius 3 is 1.54 bits per heavy atom. The summed E-state index contributed by atoms with van der Waals surface area (Å²) < 4.78 is 5.56. The maximum Gasteiger partial charge on any atom is 0.245 e. The number of carbonyl (C=O) groups excluding carboxylic acids is 10. The van der Waals surface area contributed by atoms with Gasteiger partial charge in [-0.25, -0.2) is 0 Å². The number of likely N-dealkylation sites (tertiary alicyclic amines) is 1. The van der Waals surface area contributed by atoms with Gasteiger partial charge < -0.3 is 90.4 Å². The quantitative estimate of drug-likeness (QED) is 0.0140. The summed E-state index contributed by atoms with van der Waals surface area (Å²) in [6.45, 7) is 7.93. The number of rotatable bonds is 43. The van der Waals surface area contributed by atoms with E-state index in [4.69, 9.17) is 39.3 Å². The van der Waals surface area contributed by atoms with Crippen LogP contribution in [0.15, 0.2) is 151 Å². The highest BCUT2D eigenvalue weighted by Crippen LogP contribution is 2.24. The van der Waals surface area contributed by atoms with E-state index < -0.39 is 126 Å². The molecule has 2 aliphatic rings. The summed E-state index contributed by atoms with van der Waals surface area (Å²) in [5, 5.41) is 55.0. The van der Waals surface area contributed by atoms with Crippen molar-refractivity contribution in [2.45, 2.75) is 158 Å². The fourth-order valence-corrected chi connectivity index (χ4v) is 13.8. The average Bonchev–Trinajstić information content (AvgIpc) is 1.80. The van der Waals surface area contributed by atoms with Crippen LogP contribution in [-0.4, -0.2) is 228 Å². The number of benzene rings is 6. The van der Waals surface area contributed by atoms with E-state index in [1.807, 2.05) is 73.3 Å². The second-order valence-electron chi connectivity index (χ2n) is 29.1. The number of nitrogens with two attached hydrogens (primary N) is 4. The van der Waals surface area contributed by atoms with Crippen molar-refractivity contribution in [3.8, 4) is 0 Å². The molecule has 10 amide bonds. The van der Waals surface area contributed by atoms with E-state index in [1.54, 1.807) is 91.0 Å². The highest BCUT2D eigenvalue weighted by molar-refractivity contribution is 6.30. The lowest BCUT2D eigenvalue weighted by atomic mass is 9.98. The number of ether oxygens (including phenoxy) is 1. The first-order valence-electron chi connectivity index (χ1n) is 38.4. The van der Waals surface area contributed by atoms with Crippen molar-refractivity contribution < 1.29 is 68.0 Å². The molecule has 0 aliphatic carbocycles. The third kappa shape index (κ3) is 28.0. The molecule has 0 aromatic heterocycles. The summed E-state index contributed by atoms with van der Waals surface area (Å²) in [6.07, 6.45) is 0.291. The number of morpholine rings is 1. The standard InChI is InChI=1S/C82H109ClN16O14/c1-51(2)42-65(74(105)90-64(18-10-32-88-82(86)87)81(112)99-33-11-19-71(99)80(111)89-52(3)72(85)103)92-76(107)68(44-54-20-24-57(25-21-54)48-97(34-38-100)35-39-101)94-77(108)69(45-55-22-26-58(27-23-55)49-98-36-40-113-41-37-98)95-79(110)70(50-102)96-78(109)67(43-53-12-5-4-6-13-53)93-75(106)66(46-56-28-30-61(83)31-29-56)91-73(104)63(84)47-60-16-9-15-59-14-7-8-17-62(59)60/h4-9,12-17,20-31,51-52,63-71,100-102H,10-11,18-19,32-50,84H2,1-3H3,(H2,85,103)(H,89,111)(H,90,105)(H,91,104)(H,92,107)(H,93,106)(H,94,108)(H,95,110)(H,96,109)(H4,86,87,88)/t52-,63-,64+,65+,66-,67-,68-,69+,70+,71+/m1/s1. The molecular weight excluding hydrogens is 1470 g/mol. The van der Waals surface area contributed by atoms with Crippen molar-refractivity contribution in [1.29, 1.82) is 0 Å². The fraction of sp³-hybridized carbons (Fsp3) is 0.451. The van der Waals surface area contributed by atoms with Crippen molar-refractivity contribution in [3.63, 3.8) is 0 Å². The minimum absolute atomic E-state index is 0.00653. The van der Waals surface area contributed by atoms with E-state index in [1.165, 1.54) is 11.8 Å². The Labute approximate surface area is 663 Å². The average molecular weight is 1580 g/mol. The Balaban J connectivity index is 1.09. The molecule has 0 saturated carbocycles. The smallest absolute Gasteiger partial charge is 0.245 e. The van der Waals surface area contributed by atoms with E-state index in [9.17, 15) is 48.9 Å². The summed E-state index contributed by atoms with van der Waals surface area (Å²) in [5.74, 6) is -8.51. The lowest BCUT2D eigenvalue weighted by Gasteiger charge is -2.31. The van der Waals surface area contributed by atoms with Crippen LogP contribution in [-0.2, 0) is 97.9 Å². The predicted octanol–water partition coefficient (Wildman–Crippen LogP) is 0.419. The molecule has 19 N–H and O–H groups in total. The van der Waals surface area contributed by atoms with Gasteiger partial charge >= 0.3 is 0 Å². The second kappa shape index (κ2) is 44.7. The number of fused-ring (bicyclic) bond motifs is 1. The number of primary amides is 1. The summed E-state index contributed by atoms with van der Waals surface area (Å²) in [5.41, 5.74) is 28.1. The Kier molecular flexibility index (Phi) is 34.9. The SMILES string of the molecule is CC(C)C[C@H](NC(=O)[C@@H](Cc1ccc(CN(CCO)CCO)cc1)NC(=O)[C@H](Cc1ccc(CN2CCOCC2)cc1)NC(=O)[C@H](CO)NC(=O)[C@@H](Cc1ccccc1)NC(=O)[C@@H](Cc1ccc(Cl)cc1)NC(=O)[C@H](N)Cc1cccc2ccccc12)C(=O)N[C@@H](CCCN=C(N)N)C(=O)N1CCC[C@H]1C(=O)N[C@H](C)C(N)=O. The molecule has 0 radical (unpaired) electrons. The largest absolute Gasteiger partial charge is 0.395 e. The minimum Gasteiger partial charge on any atom is -0.395 e. The van der Waals surface area contributed by atoms with Crippen LogP contribution in [0.1, 0.15) is 91.8 Å². The van der Waals surface area contributed by atoms with Crippen LogP contribution in [0, 0.1) is 5.92 Å².